The molecule has 0 radical (unpaired) electrons. The van der Waals surface area contributed by atoms with Crippen molar-refractivity contribution in [3.63, 3.8) is 0 Å². The van der Waals surface area contributed by atoms with Gasteiger partial charge >= 0.3 is 0 Å². The van der Waals surface area contributed by atoms with Gasteiger partial charge in [0.25, 0.3) is 11.6 Å². The first kappa shape index (κ1) is 14.4. The van der Waals surface area contributed by atoms with Crippen LogP contribution in [0.4, 0.5) is 11.5 Å². The van der Waals surface area contributed by atoms with Gasteiger partial charge in [-0.05, 0) is 59.8 Å². The minimum atomic E-state index is -0.507. The third kappa shape index (κ3) is 3.29. The molecule has 6 nitrogen and oxygen atoms in total. The van der Waals surface area contributed by atoms with Crippen LogP contribution in [0.2, 0.25) is 0 Å². The van der Waals surface area contributed by atoms with Gasteiger partial charge in [0.05, 0.1) is 4.92 Å². The highest BCUT2D eigenvalue weighted by molar-refractivity contribution is 14.1. The molecule has 0 fully saturated rings. The Morgan fingerprint density at radius 2 is 2.00 bits per heavy atom. The molecule has 0 aliphatic carbocycles. The number of aryl methyl sites for hydroxylation is 1. The Labute approximate surface area is 128 Å². The first-order valence-corrected chi connectivity index (χ1v) is 6.73. The second-order valence-corrected chi connectivity index (χ2v) is 5.32. The molecule has 1 aromatic heterocycles. The Morgan fingerprint density at radius 1 is 1.35 bits per heavy atom. The predicted octanol–water partition coefficient (Wildman–Crippen LogP) is 3.16. The summed E-state index contributed by atoms with van der Waals surface area (Å²) in [6.07, 6.45) is 1.14. The predicted molar refractivity (Wildman–Crippen MR) is 82.7 cm³/mol. The van der Waals surface area contributed by atoms with Crippen LogP contribution < -0.4 is 5.32 Å². The second-order valence-electron chi connectivity index (χ2n) is 4.07. The summed E-state index contributed by atoms with van der Waals surface area (Å²) in [6.45, 7) is 1.60. The van der Waals surface area contributed by atoms with Gasteiger partial charge in [-0.15, -0.1) is 0 Å². The zero-order chi connectivity index (χ0) is 14.7. The average molecular weight is 383 g/mol. The number of nitrogens with zero attached hydrogens (tertiary/aromatic N) is 2. The molecule has 20 heavy (non-hydrogen) atoms. The fourth-order valence-electron chi connectivity index (χ4n) is 1.60. The number of aromatic nitrogens is 1. The first-order chi connectivity index (χ1) is 9.47. The maximum absolute atomic E-state index is 12.0. The van der Waals surface area contributed by atoms with Gasteiger partial charge in [-0.1, -0.05) is 0 Å². The lowest BCUT2D eigenvalue weighted by Crippen LogP contribution is -2.13. The molecule has 0 unspecified atom stereocenters. The van der Waals surface area contributed by atoms with Gasteiger partial charge in [0.1, 0.15) is 12.0 Å². The third-order valence-corrected chi connectivity index (χ3v) is 3.35. The average Bonchev–Trinajstić information content (AvgIpc) is 2.39. The largest absolute Gasteiger partial charge is 0.307 e. The zero-order valence-electron chi connectivity index (χ0n) is 10.5. The van der Waals surface area contributed by atoms with E-state index in [0.717, 1.165) is 9.77 Å². The summed E-state index contributed by atoms with van der Waals surface area (Å²) in [5, 5.41) is 13.3. The summed E-state index contributed by atoms with van der Waals surface area (Å²) in [6, 6.07) is 8.53. The number of hydrogen-bond donors (Lipinski definition) is 1. The number of anilines is 1. The van der Waals surface area contributed by atoms with E-state index in [0.29, 0.717) is 11.1 Å². The molecule has 0 spiro atoms. The molecule has 0 bridgehead atoms. The molecule has 2 aromatic rings. The van der Waals surface area contributed by atoms with Crippen molar-refractivity contribution in [3.8, 4) is 0 Å². The normalized spacial score (nSPS) is 10.1. The summed E-state index contributed by atoms with van der Waals surface area (Å²) in [7, 11) is 0. The van der Waals surface area contributed by atoms with E-state index >= 15 is 0 Å². The zero-order valence-corrected chi connectivity index (χ0v) is 12.6. The molecular formula is C13H10IN3O3. The Bertz CT molecular complexity index is 671. The molecule has 0 saturated heterocycles. The van der Waals surface area contributed by atoms with Gasteiger partial charge in [-0.3, -0.25) is 14.9 Å². The van der Waals surface area contributed by atoms with Crippen LogP contribution in [0.15, 0.2) is 36.5 Å². The Kier molecular flexibility index (Phi) is 4.28. The summed E-state index contributed by atoms with van der Waals surface area (Å²) < 4.78 is 1.03. The number of rotatable bonds is 3. The number of carbonyl (C=O) groups is 1. The molecule has 1 heterocycles. The second kappa shape index (κ2) is 5.95. The van der Waals surface area contributed by atoms with Crippen LogP contribution >= 0.6 is 22.6 Å². The van der Waals surface area contributed by atoms with Crippen LogP contribution in [0.25, 0.3) is 0 Å². The van der Waals surface area contributed by atoms with Crippen LogP contribution in [0.1, 0.15) is 15.9 Å². The minimum absolute atomic E-state index is 0.0720. The summed E-state index contributed by atoms with van der Waals surface area (Å²) in [5.41, 5.74) is 0.878. The van der Waals surface area contributed by atoms with E-state index in [2.05, 4.69) is 32.9 Å². The van der Waals surface area contributed by atoms with Crippen molar-refractivity contribution in [2.45, 2.75) is 6.92 Å². The molecule has 102 valence electrons. The van der Waals surface area contributed by atoms with Crippen LogP contribution in [-0.2, 0) is 0 Å². The fraction of sp³-hybridized carbons (Fsp3) is 0.0769. The summed E-state index contributed by atoms with van der Waals surface area (Å²) in [5.74, 6) is -0.0150. The number of nitro groups is 1. The van der Waals surface area contributed by atoms with Gasteiger partial charge in [0, 0.05) is 14.7 Å². The minimum Gasteiger partial charge on any atom is -0.307 e. The van der Waals surface area contributed by atoms with Crippen LogP contribution in [0, 0.1) is 20.6 Å². The van der Waals surface area contributed by atoms with E-state index in [1.165, 1.54) is 6.07 Å². The molecule has 1 aromatic carbocycles. The highest BCUT2D eigenvalue weighted by atomic mass is 127. The van der Waals surface area contributed by atoms with Crippen molar-refractivity contribution < 1.29 is 9.72 Å². The first-order valence-electron chi connectivity index (χ1n) is 5.65. The van der Waals surface area contributed by atoms with Crippen molar-refractivity contribution in [1.82, 2.24) is 4.98 Å². The van der Waals surface area contributed by atoms with E-state index in [9.17, 15) is 14.9 Å². The van der Waals surface area contributed by atoms with E-state index < -0.39 is 4.92 Å². The number of amides is 1. The summed E-state index contributed by atoms with van der Waals surface area (Å²) >= 11 is 2.15. The molecule has 0 aliphatic rings. The van der Waals surface area contributed by atoms with Crippen molar-refractivity contribution >= 4 is 40.0 Å². The Hall–Kier alpha value is -2.03. The fourth-order valence-corrected chi connectivity index (χ4v) is 1.96. The van der Waals surface area contributed by atoms with Crippen LogP contribution in [0.5, 0.6) is 0 Å². The molecule has 1 N–H and O–H groups in total. The van der Waals surface area contributed by atoms with Gasteiger partial charge in [0.2, 0.25) is 0 Å². The highest BCUT2D eigenvalue weighted by Gasteiger charge is 2.13. The highest BCUT2D eigenvalue weighted by Crippen LogP contribution is 2.19. The molecule has 0 atom stereocenters. The summed E-state index contributed by atoms with van der Waals surface area (Å²) in [4.78, 5) is 26.0. The standard InChI is InChI=1S/C13H10IN3O3/c1-8-6-12(15-7-11(8)17(19)20)16-13(18)9-2-4-10(14)5-3-9/h2-7H,1H3,(H,15,16,18). The lowest BCUT2D eigenvalue weighted by atomic mass is 10.2. The number of pyridine rings is 1. The number of carbonyl (C=O) groups excluding carboxylic acids is 1. The van der Waals surface area contributed by atoms with Crippen molar-refractivity contribution in [1.29, 1.82) is 0 Å². The molecule has 1 amide bonds. The lowest BCUT2D eigenvalue weighted by molar-refractivity contribution is -0.385. The number of hydrogen-bond acceptors (Lipinski definition) is 4. The van der Waals surface area contributed by atoms with Gasteiger partial charge < -0.3 is 5.32 Å². The maximum Gasteiger partial charge on any atom is 0.290 e. The topological polar surface area (TPSA) is 85.1 Å². The molecule has 2 rings (SSSR count). The van der Waals surface area contributed by atoms with Crippen LogP contribution in [-0.4, -0.2) is 15.8 Å². The van der Waals surface area contributed by atoms with Gasteiger partial charge in [-0.25, -0.2) is 4.98 Å². The smallest absolute Gasteiger partial charge is 0.290 e. The van der Waals surface area contributed by atoms with Crippen molar-refractivity contribution in [3.05, 3.63) is 61.3 Å². The lowest BCUT2D eigenvalue weighted by Gasteiger charge is -2.05. The molecule has 0 aliphatic heterocycles. The van der Waals surface area contributed by atoms with Crippen molar-refractivity contribution in [2.75, 3.05) is 5.32 Å². The van der Waals surface area contributed by atoms with Crippen LogP contribution in [0.3, 0.4) is 0 Å². The van der Waals surface area contributed by atoms with E-state index in [4.69, 9.17) is 0 Å². The molecule has 0 saturated carbocycles. The Morgan fingerprint density at radius 3 is 2.55 bits per heavy atom. The SMILES string of the molecule is Cc1cc(NC(=O)c2ccc(I)cc2)ncc1[N+](=O)[O-]. The van der Waals surface area contributed by atoms with E-state index in [-0.39, 0.29) is 17.4 Å². The molecule has 7 heteroatoms. The van der Waals surface area contributed by atoms with Gasteiger partial charge in [0.15, 0.2) is 0 Å². The Balaban J connectivity index is 2.18. The number of nitrogens with one attached hydrogen (secondary N) is 1. The maximum atomic E-state index is 12.0. The molecular weight excluding hydrogens is 373 g/mol. The number of benzene rings is 1. The number of halogens is 1. The van der Waals surface area contributed by atoms with E-state index in [1.807, 2.05) is 12.1 Å². The third-order valence-electron chi connectivity index (χ3n) is 2.63. The van der Waals surface area contributed by atoms with Crippen molar-refractivity contribution in [2.24, 2.45) is 0 Å². The van der Waals surface area contributed by atoms with Gasteiger partial charge in [-0.2, -0.15) is 0 Å². The van der Waals surface area contributed by atoms with E-state index in [1.54, 1.807) is 19.1 Å². The quantitative estimate of drug-likeness (QED) is 0.501. The monoisotopic (exact) mass is 383 g/mol.